The normalized spacial score (nSPS) is 53.2. The third kappa shape index (κ3) is 1.74. The molecule has 4 aliphatic carbocycles. The van der Waals surface area contributed by atoms with Gasteiger partial charge in [-0.05, 0) is 67.4 Å². The summed E-state index contributed by atoms with van der Waals surface area (Å²) in [5, 5.41) is 20.5. The third-order valence-electron chi connectivity index (χ3n) is 7.51. The van der Waals surface area contributed by atoms with E-state index >= 15 is 0 Å². The minimum atomic E-state index is -0.439. The monoisotopic (exact) mass is 300 g/mol. The van der Waals surface area contributed by atoms with Crippen LogP contribution < -0.4 is 0 Å². The molecule has 4 aliphatic rings. The topological polar surface area (TPSA) is 40.5 Å². The molecule has 0 amide bonds. The van der Waals surface area contributed by atoms with Gasteiger partial charge in [-0.2, -0.15) is 0 Å². The highest BCUT2D eigenvalue weighted by molar-refractivity contribution is 5.44. The summed E-state index contributed by atoms with van der Waals surface area (Å²) in [6, 6.07) is 0. The highest BCUT2D eigenvalue weighted by Gasteiger charge is 2.58. The first-order valence-corrected chi connectivity index (χ1v) is 8.82. The Labute approximate surface area is 133 Å². The molecule has 2 fully saturated rings. The number of rotatable bonds is 0. The zero-order valence-corrected chi connectivity index (χ0v) is 13.9. The van der Waals surface area contributed by atoms with Gasteiger partial charge in [-0.1, -0.05) is 37.6 Å². The van der Waals surface area contributed by atoms with E-state index in [-0.39, 0.29) is 16.9 Å². The summed E-state index contributed by atoms with van der Waals surface area (Å²) >= 11 is 0. The average molecular weight is 300 g/mol. The van der Waals surface area contributed by atoms with Gasteiger partial charge in [-0.25, -0.2) is 0 Å². The lowest BCUT2D eigenvalue weighted by Crippen LogP contribution is -2.50. The Balaban J connectivity index is 1.80. The van der Waals surface area contributed by atoms with Crippen LogP contribution in [-0.4, -0.2) is 22.4 Å². The van der Waals surface area contributed by atoms with Crippen molar-refractivity contribution in [3.63, 3.8) is 0 Å². The fourth-order valence-electron chi connectivity index (χ4n) is 6.12. The fraction of sp³-hybridized carbons (Fsp3) is 0.700. The summed E-state index contributed by atoms with van der Waals surface area (Å²) < 4.78 is 0. The van der Waals surface area contributed by atoms with Crippen LogP contribution in [0, 0.1) is 28.6 Å². The highest BCUT2D eigenvalue weighted by atomic mass is 16.3. The molecule has 0 spiro atoms. The molecule has 2 N–H and O–H groups in total. The maximum Gasteiger partial charge on any atom is 0.0908 e. The molecular formula is C20H28O2. The Hall–Kier alpha value is -0.860. The lowest BCUT2D eigenvalue weighted by Gasteiger charge is -2.56. The highest BCUT2D eigenvalue weighted by Crippen LogP contribution is 2.64. The standard InChI is InChI=1S/C20H28O2/c1-12-10-13-11-14(21)6-8-19(13,2)16-7-9-20(3)15(18(12)16)4-5-17(20)22/h6,8,10-11,14-18,21-22H,4-5,7,9H2,1-3H3/t14?,15-,16+,17?,18-,19-,20-/m0/s1. The van der Waals surface area contributed by atoms with Crippen molar-refractivity contribution in [1.82, 2.24) is 0 Å². The largest absolute Gasteiger partial charge is 0.393 e. The van der Waals surface area contributed by atoms with Crippen molar-refractivity contribution in [2.75, 3.05) is 0 Å². The predicted octanol–water partition coefficient (Wildman–Crippen LogP) is 3.61. The predicted molar refractivity (Wildman–Crippen MR) is 88.1 cm³/mol. The van der Waals surface area contributed by atoms with Gasteiger partial charge < -0.3 is 10.2 Å². The molecule has 7 atom stereocenters. The van der Waals surface area contributed by atoms with Crippen molar-refractivity contribution in [2.45, 2.75) is 58.7 Å². The number of fused-ring (bicyclic) bond motifs is 5. The van der Waals surface area contributed by atoms with Gasteiger partial charge in [0.15, 0.2) is 0 Å². The van der Waals surface area contributed by atoms with Crippen molar-refractivity contribution >= 4 is 0 Å². The summed E-state index contributed by atoms with van der Waals surface area (Å²) in [5.74, 6) is 1.80. The third-order valence-corrected chi connectivity index (χ3v) is 7.51. The number of aliphatic hydroxyl groups excluding tert-OH is 2. The number of aliphatic hydroxyl groups is 2. The molecule has 2 unspecified atom stereocenters. The molecular weight excluding hydrogens is 272 g/mol. The molecule has 22 heavy (non-hydrogen) atoms. The molecule has 0 aromatic carbocycles. The molecule has 120 valence electrons. The minimum Gasteiger partial charge on any atom is -0.393 e. The SMILES string of the molecule is CC1=CC2=CC(O)C=C[C@]2(C)[C@@H]2CC[C@]3(C)C(O)CC[C@H]3[C@H]12. The fourth-order valence-corrected chi connectivity index (χ4v) is 6.12. The van der Waals surface area contributed by atoms with Crippen LogP contribution in [0.5, 0.6) is 0 Å². The van der Waals surface area contributed by atoms with Crippen LogP contribution in [0.2, 0.25) is 0 Å². The molecule has 4 rings (SSSR count). The summed E-state index contributed by atoms with van der Waals surface area (Å²) in [4.78, 5) is 0. The van der Waals surface area contributed by atoms with Crippen LogP contribution in [0.1, 0.15) is 46.5 Å². The van der Waals surface area contributed by atoms with E-state index in [1.165, 1.54) is 17.6 Å². The zero-order chi connectivity index (χ0) is 15.7. The first-order chi connectivity index (χ1) is 10.4. The van der Waals surface area contributed by atoms with Crippen LogP contribution in [0.3, 0.4) is 0 Å². The second kappa shape index (κ2) is 4.58. The molecule has 2 saturated carbocycles. The lowest BCUT2D eigenvalue weighted by atomic mass is 9.48. The van der Waals surface area contributed by atoms with E-state index in [9.17, 15) is 10.2 Å². The molecule has 0 saturated heterocycles. The van der Waals surface area contributed by atoms with Crippen LogP contribution in [0.15, 0.2) is 35.5 Å². The van der Waals surface area contributed by atoms with Gasteiger partial charge in [0.25, 0.3) is 0 Å². The van der Waals surface area contributed by atoms with Crippen LogP contribution in [0.25, 0.3) is 0 Å². The second-order valence-electron chi connectivity index (χ2n) is 8.52. The maximum absolute atomic E-state index is 10.5. The van der Waals surface area contributed by atoms with Crippen molar-refractivity contribution in [1.29, 1.82) is 0 Å². The quantitative estimate of drug-likeness (QED) is 0.671. The number of hydrogen-bond donors (Lipinski definition) is 2. The van der Waals surface area contributed by atoms with Crippen molar-refractivity contribution < 1.29 is 10.2 Å². The summed E-state index contributed by atoms with van der Waals surface area (Å²) in [6.07, 6.45) is 12.4. The van der Waals surface area contributed by atoms with E-state index < -0.39 is 6.10 Å². The molecule has 2 heteroatoms. The molecule has 0 bridgehead atoms. The molecule has 0 aromatic rings. The average Bonchev–Trinajstić information content (AvgIpc) is 2.77. The van der Waals surface area contributed by atoms with Crippen molar-refractivity contribution in [3.05, 3.63) is 35.5 Å². The Morgan fingerprint density at radius 3 is 2.64 bits per heavy atom. The van der Waals surface area contributed by atoms with Crippen LogP contribution >= 0.6 is 0 Å². The van der Waals surface area contributed by atoms with Gasteiger partial charge in [-0.3, -0.25) is 0 Å². The zero-order valence-electron chi connectivity index (χ0n) is 13.9. The maximum atomic E-state index is 10.5. The Morgan fingerprint density at radius 2 is 1.86 bits per heavy atom. The first kappa shape index (κ1) is 14.7. The number of hydrogen-bond acceptors (Lipinski definition) is 2. The molecule has 0 heterocycles. The Bertz CT molecular complexity index is 587. The van der Waals surface area contributed by atoms with Gasteiger partial charge in [-0.15, -0.1) is 0 Å². The van der Waals surface area contributed by atoms with Gasteiger partial charge in [0, 0.05) is 5.41 Å². The van der Waals surface area contributed by atoms with E-state index in [2.05, 4.69) is 32.9 Å². The van der Waals surface area contributed by atoms with Crippen molar-refractivity contribution in [2.24, 2.45) is 28.6 Å². The Morgan fingerprint density at radius 1 is 1.09 bits per heavy atom. The van der Waals surface area contributed by atoms with E-state index in [1.807, 2.05) is 12.2 Å². The molecule has 2 nitrogen and oxygen atoms in total. The van der Waals surface area contributed by atoms with Crippen molar-refractivity contribution in [3.8, 4) is 0 Å². The smallest absolute Gasteiger partial charge is 0.0908 e. The van der Waals surface area contributed by atoms with E-state index in [1.54, 1.807) is 0 Å². The summed E-state index contributed by atoms with van der Waals surface area (Å²) in [7, 11) is 0. The minimum absolute atomic E-state index is 0.0538. The van der Waals surface area contributed by atoms with Gasteiger partial charge in [0.1, 0.15) is 0 Å². The second-order valence-corrected chi connectivity index (χ2v) is 8.52. The molecule has 0 aliphatic heterocycles. The van der Waals surface area contributed by atoms with Gasteiger partial charge in [0.2, 0.25) is 0 Å². The molecule has 0 aromatic heterocycles. The van der Waals surface area contributed by atoms with Gasteiger partial charge >= 0.3 is 0 Å². The van der Waals surface area contributed by atoms with Crippen LogP contribution in [-0.2, 0) is 0 Å². The van der Waals surface area contributed by atoms with Crippen LogP contribution in [0.4, 0.5) is 0 Å². The van der Waals surface area contributed by atoms with E-state index in [0.29, 0.717) is 17.8 Å². The first-order valence-electron chi connectivity index (χ1n) is 8.82. The number of allylic oxidation sites excluding steroid dienone is 4. The molecule has 0 radical (unpaired) electrons. The summed E-state index contributed by atoms with van der Waals surface area (Å²) in [6.45, 7) is 6.92. The van der Waals surface area contributed by atoms with Gasteiger partial charge in [0.05, 0.1) is 12.2 Å². The van der Waals surface area contributed by atoms with E-state index in [4.69, 9.17) is 0 Å². The summed E-state index contributed by atoms with van der Waals surface area (Å²) in [5.41, 5.74) is 2.91. The van der Waals surface area contributed by atoms with E-state index in [0.717, 1.165) is 19.3 Å². The lowest BCUT2D eigenvalue weighted by molar-refractivity contribution is -0.0415. The Kier molecular flexibility index (Phi) is 3.06.